The quantitative estimate of drug-likeness (QED) is 0.684. The molecule has 1 fully saturated rings. The number of nitrogens with zero attached hydrogens (tertiary/aromatic N) is 4. The number of rotatable bonds is 6. The highest BCUT2D eigenvalue weighted by atomic mass is 19.4. The number of hydrogen-bond donors (Lipinski definition) is 0. The van der Waals surface area contributed by atoms with Crippen LogP contribution in [-0.4, -0.2) is 26.9 Å². The number of pyridine rings is 1. The number of allylic oxidation sites excluding steroid dienone is 1. The van der Waals surface area contributed by atoms with Crippen LogP contribution in [-0.2, 0) is 24.6 Å². The Morgan fingerprint density at radius 3 is 2.64 bits per heavy atom. The molecule has 0 atom stereocenters. The Morgan fingerprint density at radius 2 is 1.96 bits per heavy atom. The molecule has 3 rings (SSSR count). The van der Waals surface area contributed by atoms with Crippen LogP contribution in [0.2, 0.25) is 0 Å². The van der Waals surface area contributed by atoms with Crippen molar-refractivity contribution in [3.8, 4) is 5.88 Å². The molecule has 1 saturated carbocycles. The Labute approximate surface area is 161 Å². The van der Waals surface area contributed by atoms with Gasteiger partial charge in [0.1, 0.15) is 12.4 Å². The lowest BCUT2D eigenvalue weighted by Gasteiger charge is -2.25. The summed E-state index contributed by atoms with van der Waals surface area (Å²) >= 11 is 0. The van der Waals surface area contributed by atoms with E-state index in [1.165, 1.54) is 0 Å². The van der Waals surface area contributed by atoms with Crippen LogP contribution < -0.4 is 4.74 Å². The zero-order valence-corrected chi connectivity index (χ0v) is 15.8. The molecule has 2 heterocycles. The molecule has 0 bridgehead atoms. The van der Waals surface area contributed by atoms with Crippen molar-refractivity contribution >= 4 is 0 Å². The van der Waals surface area contributed by atoms with Crippen molar-refractivity contribution in [2.45, 2.75) is 44.4 Å². The minimum atomic E-state index is -4.43. The van der Waals surface area contributed by atoms with E-state index >= 15 is 0 Å². The van der Waals surface area contributed by atoms with Gasteiger partial charge in [-0.3, -0.25) is 0 Å². The van der Waals surface area contributed by atoms with E-state index in [4.69, 9.17) is 9.47 Å². The lowest BCUT2D eigenvalue weighted by Crippen LogP contribution is -2.16. The minimum absolute atomic E-state index is 0.00370. The Kier molecular flexibility index (Phi) is 6.21. The van der Waals surface area contributed by atoms with Gasteiger partial charge < -0.3 is 14.0 Å². The van der Waals surface area contributed by atoms with E-state index in [-0.39, 0.29) is 12.5 Å². The van der Waals surface area contributed by atoms with Gasteiger partial charge in [0.15, 0.2) is 5.82 Å². The summed E-state index contributed by atoms with van der Waals surface area (Å²) in [6, 6.07) is 1.79. The van der Waals surface area contributed by atoms with Crippen molar-refractivity contribution in [3.63, 3.8) is 0 Å². The molecule has 0 aliphatic heterocycles. The van der Waals surface area contributed by atoms with Crippen molar-refractivity contribution in [1.82, 2.24) is 19.7 Å². The van der Waals surface area contributed by atoms with E-state index in [1.54, 1.807) is 13.4 Å². The monoisotopic (exact) mass is 396 g/mol. The number of hydrogen-bond acceptors (Lipinski definition) is 5. The smallest absolute Gasteiger partial charge is 0.416 e. The molecular formula is C19H23F3N4O2. The molecule has 2 aromatic rings. The summed E-state index contributed by atoms with van der Waals surface area (Å²) in [4.78, 5) is 3.83. The number of ether oxygens (including phenoxy) is 2. The molecule has 0 unspecified atom stereocenters. The number of halogens is 3. The molecule has 0 saturated heterocycles. The first-order valence-corrected chi connectivity index (χ1v) is 9.12. The van der Waals surface area contributed by atoms with Gasteiger partial charge in [-0.2, -0.15) is 13.2 Å². The van der Waals surface area contributed by atoms with Crippen LogP contribution in [0, 0.1) is 5.92 Å². The first-order valence-electron chi connectivity index (χ1n) is 9.12. The summed E-state index contributed by atoms with van der Waals surface area (Å²) < 4.78 is 50.6. The molecule has 152 valence electrons. The van der Waals surface area contributed by atoms with Crippen molar-refractivity contribution < 1.29 is 22.6 Å². The first kappa shape index (κ1) is 20.2. The van der Waals surface area contributed by atoms with Gasteiger partial charge in [-0.15, -0.1) is 10.2 Å². The largest absolute Gasteiger partial charge is 0.505 e. The number of methoxy groups -OCH3 is 1. The lowest BCUT2D eigenvalue weighted by atomic mass is 9.81. The van der Waals surface area contributed by atoms with Crippen molar-refractivity contribution in [1.29, 1.82) is 0 Å². The van der Waals surface area contributed by atoms with Gasteiger partial charge in [0, 0.05) is 25.2 Å². The second-order valence-corrected chi connectivity index (χ2v) is 6.88. The third-order valence-corrected chi connectivity index (χ3v) is 5.03. The zero-order valence-electron chi connectivity index (χ0n) is 15.8. The van der Waals surface area contributed by atoms with Crippen molar-refractivity contribution in [3.05, 3.63) is 47.9 Å². The van der Waals surface area contributed by atoms with Gasteiger partial charge in [-0.25, -0.2) is 4.98 Å². The van der Waals surface area contributed by atoms with Crippen LogP contribution in [0.25, 0.3) is 0 Å². The molecule has 6 nitrogen and oxygen atoms in total. The van der Waals surface area contributed by atoms with E-state index < -0.39 is 11.7 Å². The summed E-state index contributed by atoms with van der Waals surface area (Å²) in [5, 5.41) is 8.44. The Hall–Kier alpha value is -2.58. The van der Waals surface area contributed by atoms with Gasteiger partial charge in [-0.1, -0.05) is 0 Å². The van der Waals surface area contributed by atoms with Crippen LogP contribution >= 0.6 is 0 Å². The third kappa shape index (κ3) is 4.82. The Balaban J connectivity index is 1.61. The van der Waals surface area contributed by atoms with Crippen LogP contribution in [0.4, 0.5) is 13.2 Å². The highest BCUT2D eigenvalue weighted by molar-refractivity contribution is 5.23. The van der Waals surface area contributed by atoms with Gasteiger partial charge in [0.2, 0.25) is 5.88 Å². The molecule has 28 heavy (non-hydrogen) atoms. The van der Waals surface area contributed by atoms with Crippen LogP contribution in [0.3, 0.4) is 0 Å². The third-order valence-electron chi connectivity index (χ3n) is 5.03. The summed E-state index contributed by atoms with van der Waals surface area (Å²) in [7, 11) is 3.49. The first-order chi connectivity index (χ1) is 13.4. The molecule has 1 aliphatic rings. The fourth-order valence-corrected chi connectivity index (χ4v) is 3.42. The molecule has 0 aromatic carbocycles. The summed E-state index contributed by atoms with van der Waals surface area (Å²) in [6.45, 7) is 0.00370. The van der Waals surface area contributed by atoms with Gasteiger partial charge in [0.25, 0.3) is 0 Å². The molecule has 0 spiro atoms. The van der Waals surface area contributed by atoms with Gasteiger partial charge >= 0.3 is 6.18 Å². The molecule has 0 radical (unpaired) electrons. The highest BCUT2D eigenvalue weighted by Gasteiger charge is 2.31. The molecule has 1 aliphatic carbocycles. The molecule has 2 aromatic heterocycles. The van der Waals surface area contributed by atoms with Crippen LogP contribution in [0.15, 0.2) is 30.7 Å². The topological polar surface area (TPSA) is 62.1 Å². The van der Waals surface area contributed by atoms with Crippen LogP contribution in [0.5, 0.6) is 5.88 Å². The fourth-order valence-electron chi connectivity index (χ4n) is 3.42. The predicted molar refractivity (Wildman–Crippen MR) is 95.4 cm³/mol. The van der Waals surface area contributed by atoms with E-state index in [9.17, 15) is 13.2 Å². The molecule has 0 N–H and O–H groups in total. The SMILES string of the molecule is CO/C=C/[C@H]1CC[C@H](c2nnc(COc3cc(C(F)(F)F)ccn3)n2C)CC1. The highest BCUT2D eigenvalue weighted by Crippen LogP contribution is 2.35. The second-order valence-electron chi connectivity index (χ2n) is 6.88. The van der Waals surface area contributed by atoms with Crippen LogP contribution in [0.1, 0.15) is 48.8 Å². The molecular weight excluding hydrogens is 373 g/mol. The summed E-state index contributed by atoms with van der Waals surface area (Å²) in [6.07, 6.45) is 4.57. The number of alkyl halides is 3. The van der Waals surface area contributed by atoms with Crippen molar-refractivity contribution in [2.75, 3.05) is 7.11 Å². The normalized spacial score (nSPS) is 20.5. The molecule has 0 amide bonds. The minimum Gasteiger partial charge on any atom is -0.505 e. The average molecular weight is 396 g/mol. The average Bonchev–Trinajstić information content (AvgIpc) is 3.05. The predicted octanol–water partition coefficient (Wildman–Crippen LogP) is 4.24. The molecule has 9 heteroatoms. The Morgan fingerprint density at radius 1 is 1.21 bits per heavy atom. The maximum absolute atomic E-state index is 12.8. The number of aromatic nitrogens is 4. The van der Waals surface area contributed by atoms with Crippen molar-refractivity contribution in [2.24, 2.45) is 13.0 Å². The Bertz CT molecular complexity index is 812. The van der Waals surface area contributed by atoms with E-state index in [0.717, 1.165) is 49.8 Å². The second kappa shape index (κ2) is 8.62. The zero-order chi connectivity index (χ0) is 20.1. The van der Waals surface area contributed by atoms with E-state index in [2.05, 4.69) is 21.3 Å². The van der Waals surface area contributed by atoms with E-state index in [1.807, 2.05) is 11.6 Å². The van der Waals surface area contributed by atoms with Gasteiger partial charge in [0.05, 0.1) is 18.9 Å². The van der Waals surface area contributed by atoms with Gasteiger partial charge in [-0.05, 0) is 43.7 Å². The van der Waals surface area contributed by atoms with E-state index in [0.29, 0.717) is 17.7 Å². The standard InChI is InChI=1S/C19H23F3N4O2/c1-26-16(12-28-17-11-15(7-9-23-17)19(20,21)22)24-25-18(26)14-5-3-13(4-6-14)8-10-27-2/h7-11,13-14H,3-6,12H2,1-2H3/b10-8+/t13-,14-. The summed E-state index contributed by atoms with van der Waals surface area (Å²) in [5.74, 6) is 2.16. The summed E-state index contributed by atoms with van der Waals surface area (Å²) in [5.41, 5.74) is -0.796. The maximum Gasteiger partial charge on any atom is 0.416 e. The maximum atomic E-state index is 12.8. The fraction of sp³-hybridized carbons (Fsp3) is 0.526. The lowest BCUT2D eigenvalue weighted by molar-refractivity contribution is -0.137.